The molecule has 114 valence electrons. The van der Waals surface area contributed by atoms with Crippen LogP contribution in [-0.2, 0) is 16.2 Å². The fraction of sp³-hybridized carbons (Fsp3) is 0.647. The second-order valence-corrected chi connectivity index (χ2v) is 8.19. The van der Waals surface area contributed by atoms with E-state index >= 15 is 0 Å². The Hall–Kier alpha value is -0.670. The summed E-state index contributed by atoms with van der Waals surface area (Å²) in [5, 5.41) is 3.43. The summed E-state index contributed by atoms with van der Waals surface area (Å²) in [6.45, 7) is 13.9. The highest BCUT2D eigenvalue weighted by atomic mass is 32.2. The first-order chi connectivity index (χ1) is 9.25. The summed E-state index contributed by atoms with van der Waals surface area (Å²) in [6, 6.07) is 8.54. The summed E-state index contributed by atoms with van der Waals surface area (Å²) >= 11 is 0. The van der Waals surface area contributed by atoms with E-state index in [1.807, 2.05) is 12.1 Å². The van der Waals surface area contributed by atoms with Crippen LogP contribution >= 0.6 is 0 Å². The van der Waals surface area contributed by atoms with Crippen LogP contribution in [0.4, 0.5) is 0 Å². The maximum Gasteiger partial charge on any atom is 0.0545 e. The molecule has 0 aliphatic carbocycles. The standard InChI is InChI=1S/C17H29NOS/c1-7-18-16(13(2)3)12-20(19)15-10-8-14(9-11-15)17(4,5)6/h8-11,13,16,18H,7,12H2,1-6H3. The molecule has 0 amide bonds. The van der Waals surface area contributed by atoms with Crippen LogP contribution in [0.5, 0.6) is 0 Å². The Bertz CT molecular complexity index is 431. The van der Waals surface area contributed by atoms with Gasteiger partial charge in [0, 0.05) is 16.7 Å². The Morgan fingerprint density at radius 2 is 1.70 bits per heavy atom. The minimum absolute atomic E-state index is 0.143. The van der Waals surface area contributed by atoms with Crippen LogP contribution < -0.4 is 5.32 Å². The van der Waals surface area contributed by atoms with Crippen molar-refractivity contribution in [3.05, 3.63) is 29.8 Å². The van der Waals surface area contributed by atoms with Crippen molar-refractivity contribution in [2.45, 2.75) is 57.9 Å². The van der Waals surface area contributed by atoms with Crippen LogP contribution in [0, 0.1) is 5.92 Å². The van der Waals surface area contributed by atoms with E-state index in [2.05, 4.69) is 59.0 Å². The summed E-state index contributed by atoms with van der Waals surface area (Å²) in [5.74, 6) is 1.17. The van der Waals surface area contributed by atoms with E-state index in [1.54, 1.807) is 0 Å². The highest BCUT2D eigenvalue weighted by Crippen LogP contribution is 2.23. The fourth-order valence-electron chi connectivity index (χ4n) is 2.12. The van der Waals surface area contributed by atoms with Gasteiger partial charge >= 0.3 is 0 Å². The number of nitrogens with one attached hydrogen (secondary N) is 1. The van der Waals surface area contributed by atoms with Crippen molar-refractivity contribution in [2.75, 3.05) is 12.3 Å². The van der Waals surface area contributed by atoms with Crippen molar-refractivity contribution in [2.24, 2.45) is 5.92 Å². The molecule has 3 heteroatoms. The van der Waals surface area contributed by atoms with Crippen molar-refractivity contribution in [1.29, 1.82) is 0 Å². The van der Waals surface area contributed by atoms with Crippen molar-refractivity contribution >= 4 is 10.8 Å². The molecule has 2 nitrogen and oxygen atoms in total. The van der Waals surface area contributed by atoms with E-state index in [-0.39, 0.29) is 5.41 Å². The maximum atomic E-state index is 12.5. The van der Waals surface area contributed by atoms with Gasteiger partial charge in [0.15, 0.2) is 0 Å². The first kappa shape index (κ1) is 17.4. The van der Waals surface area contributed by atoms with E-state index in [1.165, 1.54) is 5.56 Å². The normalized spacial score (nSPS) is 15.3. The maximum absolute atomic E-state index is 12.5. The van der Waals surface area contributed by atoms with Crippen molar-refractivity contribution in [1.82, 2.24) is 5.32 Å². The quantitative estimate of drug-likeness (QED) is 0.866. The van der Waals surface area contributed by atoms with Gasteiger partial charge < -0.3 is 5.32 Å². The summed E-state index contributed by atoms with van der Waals surface area (Å²) in [6.07, 6.45) is 0. The Labute approximate surface area is 126 Å². The number of rotatable bonds is 6. The van der Waals surface area contributed by atoms with Gasteiger partial charge in [0.1, 0.15) is 0 Å². The Morgan fingerprint density at radius 1 is 1.15 bits per heavy atom. The lowest BCUT2D eigenvalue weighted by Gasteiger charge is -2.22. The second kappa shape index (κ2) is 7.37. The van der Waals surface area contributed by atoms with Gasteiger partial charge in [0.05, 0.1) is 10.8 Å². The third-order valence-corrected chi connectivity index (χ3v) is 5.05. The highest BCUT2D eigenvalue weighted by Gasteiger charge is 2.18. The van der Waals surface area contributed by atoms with Gasteiger partial charge in [-0.25, -0.2) is 0 Å². The van der Waals surface area contributed by atoms with E-state index in [4.69, 9.17) is 0 Å². The molecular weight excluding hydrogens is 266 g/mol. The topological polar surface area (TPSA) is 29.1 Å². The minimum Gasteiger partial charge on any atom is -0.313 e. The first-order valence-electron chi connectivity index (χ1n) is 7.48. The Morgan fingerprint density at radius 3 is 2.10 bits per heavy atom. The third-order valence-electron chi connectivity index (χ3n) is 3.59. The molecule has 1 rings (SSSR count). The lowest BCUT2D eigenvalue weighted by atomic mass is 9.87. The molecule has 0 spiro atoms. The molecule has 1 N–H and O–H groups in total. The van der Waals surface area contributed by atoms with Gasteiger partial charge in [-0.05, 0) is 35.6 Å². The molecule has 0 heterocycles. The second-order valence-electron chi connectivity index (χ2n) is 6.69. The summed E-state index contributed by atoms with van der Waals surface area (Å²) in [4.78, 5) is 0.932. The van der Waals surface area contributed by atoms with Crippen LogP contribution in [0.25, 0.3) is 0 Å². The lowest BCUT2D eigenvalue weighted by molar-refractivity contribution is 0.440. The molecule has 0 radical (unpaired) electrons. The van der Waals surface area contributed by atoms with Crippen molar-refractivity contribution in [3.63, 3.8) is 0 Å². The molecule has 20 heavy (non-hydrogen) atoms. The minimum atomic E-state index is -0.933. The van der Waals surface area contributed by atoms with E-state index in [9.17, 15) is 4.21 Å². The molecule has 2 unspecified atom stereocenters. The fourth-order valence-corrected chi connectivity index (χ4v) is 3.58. The van der Waals surface area contributed by atoms with Crippen molar-refractivity contribution in [3.8, 4) is 0 Å². The smallest absolute Gasteiger partial charge is 0.0545 e. The molecule has 0 aliphatic heterocycles. The highest BCUT2D eigenvalue weighted by molar-refractivity contribution is 7.85. The zero-order valence-electron chi connectivity index (χ0n) is 13.7. The molecule has 0 bridgehead atoms. The molecular formula is C17H29NOS. The van der Waals surface area contributed by atoms with E-state index < -0.39 is 10.8 Å². The summed E-state index contributed by atoms with van der Waals surface area (Å²) in [7, 11) is -0.933. The molecule has 0 fully saturated rings. The monoisotopic (exact) mass is 295 g/mol. The average molecular weight is 295 g/mol. The van der Waals surface area contributed by atoms with Crippen LogP contribution in [-0.4, -0.2) is 22.5 Å². The summed E-state index contributed by atoms with van der Waals surface area (Å²) < 4.78 is 12.5. The first-order valence-corrected chi connectivity index (χ1v) is 8.80. The molecule has 0 saturated heterocycles. The average Bonchev–Trinajstić information content (AvgIpc) is 2.37. The van der Waals surface area contributed by atoms with Gasteiger partial charge in [-0.2, -0.15) is 0 Å². The molecule has 0 aromatic heterocycles. The largest absolute Gasteiger partial charge is 0.313 e. The zero-order chi connectivity index (χ0) is 15.3. The van der Waals surface area contributed by atoms with Gasteiger partial charge in [0.25, 0.3) is 0 Å². The predicted molar refractivity (Wildman–Crippen MR) is 88.7 cm³/mol. The van der Waals surface area contributed by atoms with Gasteiger partial charge in [0.2, 0.25) is 0 Å². The molecule has 1 aromatic carbocycles. The Balaban J connectivity index is 2.77. The molecule has 0 saturated carbocycles. The number of hydrogen-bond donors (Lipinski definition) is 1. The van der Waals surface area contributed by atoms with Crippen LogP contribution in [0.2, 0.25) is 0 Å². The van der Waals surface area contributed by atoms with Crippen molar-refractivity contribution < 1.29 is 4.21 Å². The van der Waals surface area contributed by atoms with Gasteiger partial charge in [-0.3, -0.25) is 4.21 Å². The zero-order valence-corrected chi connectivity index (χ0v) is 14.5. The lowest BCUT2D eigenvalue weighted by Crippen LogP contribution is -2.38. The van der Waals surface area contributed by atoms with E-state index in [0.717, 1.165) is 11.4 Å². The van der Waals surface area contributed by atoms with Crippen LogP contribution in [0.3, 0.4) is 0 Å². The molecule has 0 aliphatic rings. The third kappa shape index (κ3) is 5.02. The molecule has 2 atom stereocenters. The summed E-state index contributed by atoms with van der Waals surface area (Å²) in [5.41, 5.74) is 1.43. The number of hydrogen-bond acceptors (Lipinski definition) is 2. The predicted octanol–water partition coefficient (Wildman–Crippen LogP) is 3.73. The van der Waals surface area contributed by atoms with Crippen LogP contribution in [0.1, 0.15) is 47.1 Å². The van der Waals surface area contributed by atoms with Gasteiger partial charge in [-0.1, -0.05) is 53.7 Å². The Kier molecular flexibility index (Phi) is 6.41. The van der Waals surface area contributed by atoms with Crippen LogP contribution in [0.15, 0.2) is 29.2 Å². The molecule has 1 aromatic rings. The van der Waals surface area contributed by atoms with Gasteiger partial charge in [-0.15, -0.1) is 0 Å². The SMILES string of the molecule is CCNC(CS(=O)c1ccc(C(C)(C)C)cc1)C(C)C. The number of benzene rings is 1. The van der Waals surface area contributed by atoms with E-state index in [0.29, 0.717) is 17.7 Å².